The lowest BCUT2D eigenvalue weighted by atomic mass is 10.2. The smallest absolute Gasteiger partial charge is 0.0791 e. The second-order valence-electron chi connectivity index (χ2n) is 4.53. The third-order valence-corrected chi connectivity index (χ3v) is 3.36. The van der Waals surface area contributed by atoms with Gasteiger partial charge in [0.05, 0.1) is 6.10 Å². The van der Waals surface area contributed by atoms with Gasteiger partial charge in [0.1, 0.15) is 0 Å². The van der Waals surface area contributed by atoms with E-state index in [0.29, 0.717) is 6.04 Å². The van der Waals surface area contributed by atoms with Crippen LogP contribution in [0, 0.1) is 0 Å². The number of nitrogens with one attached hydrogen (secondary N) is 1. The molecule has 1 saturated carbocycles. The number of hydrogen-bond donors (Lipinski definition) is 2. The van der Waals surface area contributed by atoms with Crippen LogP contribution in [0.4, 0.5) is 0 Å². The lowest BCUT2D eigenvalue weighted by molar-refractivity contribution is 0.114. The Morgan fingerprint density at radius 3 is 2.40 bits per heavy atom. The summed E-state index contributed by atoms with van der Waals surface area (Å²) in [5.74, 6) is 0. The third-order valence-electron chi connectivity index (χ3n) is 3.36. The second-order valence-corrected chi connectivity index (χ2v) is 4.53. The standard InChI is InChI=1S/C12H26N2O/c1-3-14(4-2)10-12(15)9-13-11-7-5-6-8-11/h11-13,15H,3-10H2,1-2H3. The van der Waals surface area contributed by atoms with E-state index in [-0.39, 0.29) is 6.10 Å². The van der Waals surface area contributed by atoms with Gasteiger partial charge in [0.2, 0.25) is 0 Å². The first-order valence-electron chi connectivity index (χ1n) is 6.40. The fraction of sp³-hybridized carbons (Fsp3) is 1.00. The van der Waals surface area contributed by atoms with Crippen molar-refractivity contribution in [2.24, 2.45) is 0 Å². The lowest BCUT2D eigenvalue weighted by Gasteiger charge is -2.23. The van der Waals surface area contributed by atoms with Crippen molar-refractivity contribution in [3.8, 4) is 0 Å². The van der Waals surface area contributed by atoms with Crippen LogP contribution in [0.5, 0.6) is 0 Å². The van der Waals surface area contributed by atoms with Gasteiger partial charge >= 0.3 is 0 Å². The van der Waals surface area contributed by atoms with Gasteiger partial charge in [0, 0.05) is 19.1 Å². The molecule has 0 amide bonds. The minimum atomic E-state index is -0.217. The Morgan fingerprint density at radius 2 is 1.87 bits per heavy atom. The highest BCUT2D eigenvalue weighted by molar-refractivity contribution is 4.75. The molecular formula is C12H26N2O. The summed E-state index contributed by atoms with van der Waals surface area (Å²) in [6.07, 6.45) is 5.06. The Hall–Kier alpha value is -0.120. The molecule has 1 aliphatic rings. The zero-order valence-electron chi connectivity index (χ0n) is 10.2. The highest BCUT2D eigenvalue weighted by atomic mass is 16.3. The molecule has 0 aromatic heterocycles. The van der Waals surface area contributed by atoms with Crippen molar-refractivity contribution in [2.75, 3.05) is 26.2 Å². The Bertz CT molecular complexity index is 154. The molecule has 0 aromatic rings. The molecule has 0 spiro atoms. The molecule has 3 nitrogen and oxygen atoms in total. The van der Waals surface area contributed by atoms with Crippen molar-refractivity contribution in [3.63, 3.8) is 0 Å². The van der Waals surface area contributed by atoms with Gasteiger partial charge in [-0.15, -0.1) is 0 Å². The lowest BCUT2D eigenvalue weighted by Crippen LogP contribution is -2.40. The first-order valence-corrected chi connectivity index (χ1v) is 6.40. The monoisotopic (exact) mass is 214 g/mol. The topological polar surface area (TPSA) is 35.5 Å². The normalized spacial score (nSPS) is 20.0. The van der Waals surface area contributed by atoms with Crippen LogP contribution in [0.25, 0.3) is 0 Å². The zero-order chi connectivity index (χ0) is 11.1. The van der Waals surface area contributed by atoms with Crippen LogP contribution in [-0.2, 0) is 0 Å². The van der Waals surface area contributed by atoms with E-state index in [9.17, 15) is 5.11 Å². The molecule has 15 heavy (non-hydrogen) atoms. The van der Waals surface area contributed by atoms with Crippen molar-refractivity contribution in [3.05, 3.63) is 0 Å². The molecular weight excluding hydrogens is 188 g/mol. The van der Waals surface area contributed by atoms with E-state index >= 15 is 0 Å². The van der Waals surface area contributed by atoms with Crippen LogP contribution < -0.4 is 5.32 Å². The van der Waals surface area contributed by atoms with Crippen LogP contribution in [0.1, 0.15) is 39.5 Å². The van der Waals surface area contributed by atoms with Crippen molar-refractivity contribution >= 4 is 0 Å². The van der Waals surface area contributed by atoms with Gasteiger partial charge < -0.3 is 15.3 Å². The zero-order valence-corrected chi connectivity index (χ0v) is 10.2. The van der Waals surface area contributed by atoms with E-state index in [2.05, 4.69) is 24.1 Å². The van der Waals surface area contributed by atoms with E-state index in [4.69, 9.17) is 0 Å². The summed E-state index contributed by atoms with van der Waals surface area (Å²) in [7, 11) is 0. The molecule has 0 saturated heterocycles. The molecule has 1 fully saturated rings. The molecule has 0 bridgehead atoms. The number of rotatable bonds is 7. The van der Waals surface area contributed by atoms with Gasteiger partial charge in [-0.05, 0) is 25.9 Å². The van der Waals surface area contributed by atoms with Gasteiger partial charge in [0.15, 0.2) is 0 Å². The number of nitrogens with zero attached hydrogens (tertiary/aromatic N) is 1. The van der Waals surface area contributed by atoms with Gasteiger partial charge in [-0.25, -0.2) is 0 Å². The minimum Gasteiger partial charge on any atom is -0.390 e. The summed E-state index contributed by atoms with van der Waals surface area (Å²) in [6, 6.07) is 0.663. The molecule has 1 rings (SSSR count). The van der Waals surface area contributed by atoms with Gasteiger partial charge in [-0.3, -0.25) is 0 Å². The maximum atomic E-state index is 9.84. The van der Waals surface area contributed by atoms with Crippen molar-refractivity contribution in [2.45, 2.75) is 51.7 Å². The van der Waals surface area contributed by atoms with E-state index in [1.807, 2.05) is 0 Å². The van der Waals surface area contributed by atoms with Gasteiger partial charge in [-0.1, -0.05) is 26.7 Å². The van der Waals surface area contributed by atoms with Crippen LogP contribution in [0.3, 0.4) is 0 Å². The molecule has 0 heterocycles. The minimum absolute atomic E-state index is 0.217. The van der Waals surface area contributed by atoms with E-state index < -0.39 is 0 Å². The largest absolute Gasteiger partial charge is 0.390 e. The Labute approximate surface area is 93.9 Å². The third kappa shape index (κ3) is 4.96. The maximum absolute atomic E-state index is 9.84. The van der Waals surface area contributed by atoms with Crippen molar-refractivity contribution < 1.29 is 5.11 Å². The second kappa shape index (κ2) is 7.20. The van der Waals surface area contributed by atoms with Crippen molar-refractivity contribution in [1.82, 2.24) is 10.2 Å². The summed E-state index contributed by atoms with van der Waals surface area (Å²) in [5, 5.41) is 13.3. The number of aliphatic hydroxyl groups excluding tert-OH is 1. The van der Waals surface area contributed by atoms with Crippen LogP contribution in [0.2, 0.25) is 0 Å². The molecule has 1 atom stereocenters. The first-order chi connectivity index (χ1) is 7.26. The summed E-state index contributed by atoms with van der Waals surface area (Å²) < 4.78 is 0. The predicted octanol–water partition coefficient (Wildman–Crippen LogP) is 1.22. The van der Waals surface area contributed by atoms with E-state index in [0.717, 1.165) is 26.2 Å². The van der Waals surface area contributed by atoms with Crippen LogP contribution in [-0.4, -0.2) is 48.3 Å². The number of hydrogen-bond acceptors (Lipinski definition) is 3. The fourth-order valence-corrected chi connectivity index (χ4v) is 2.28. The summed E-state index contributed by atoms with van der Waals surface area (Å²) >= 11 is 0. The maximum Gasteiger partial charge on any atom is 0.0791 e. The molecule has 2 N–H and O–H groups in total. The average Bonchev–Trinajstić information content (AvgIpc) is 2.75. The van der Waals surface area contributed by atoms with Gasteiger partial charge in [-0.2, -0.15) is 0 Å². The van der Waals surface area contributed by atoms with Crippen LogP contribution >= 0.6 is 0 Å². The molecule has 90 valence electrons. The summed E-state index contributed by atoms with van der Waals surface area (Å²) in [4.78, 5) is 2.26. The highest BCUT2D eigenvalue weighted by Gasteiger charge is 2.16. The van der Waals surface area contributed by atoms with Crippen LogP contribution in [0.15, 0.2) is 0 Å². The van der Waals surface area contributed by atoms with Gasteiger partial charge in [0.25, 0.3) is 0 Å². The number of likely N-dealkylation sites (N-methyl/N-ethyl adjacent to an activating group) is 1. The predicted molar refractivity (Wildman–Crippen MR) is 64.1 cm³/mol. The molecule has 0 aromatic carbocycles. The Balaban J connectivity index is 2.08. The molecule has 3 heteroatoms. The SMILES string of the molecule is CCN(CC)CC(O)CNC1CCCC1. The fourth-order valence-electron chi connectivity index (χ4n) is 2.28. The Kier molecular flexibility index (Phi) is 6.22. The highest BCUT2D eigenvalue weighted by Crippen LogP contribution is 2.17. The molecule has 0 radical (unpaired) electrons. The number of aliphatic hydroxyl groups is 1. The van der Waals surface area contributed by atoms with E-state index in [1.54, 1.807) is 0 Å². The van der Waals surface area contributed by atoms with E-state index in [1.165, 1.54) is 25.7 Å². The molecule has 1 unspecified atom stereocenters. The summed E-state index contributed by atoms with van der Waals surface area (Å²) in [6.45, 7) is 7.88. The average molecular weight is 214 g/mol. The molecule has 0 aliphatic heterocycles. The molecule has 1 aliphatic carbocycles. The quantitative estimate of drug-likeness (QED) is 0.669. The Morgan fingerprint density at radius 1 is 1.27 bits per heavy atom. The van der Waals surface area contributed by atoms with Crippen molar-refractivity contribution in [1.29, 1.82) is 0 Å². The summed E-state index contributed by atoms with van der Waals surface area (Å²) in [5.41, 5.74) is 0. The first kappa shape index (κ1) is 12.9.